The van der Waals surface area contributed by atoms with Crippen molar-refractivity contribution in [3.63, 3.8) is 0 Å². The zero-order valence-electron chi connectivity index (χ0n) is 10.1. The van der Waals surface area contributed by atoms with Crippen molar-refractivity contribution < 1.29 is 14.7 Å². The highest BCUT2D eigenvalue weighted by Gasteiger charge is 2.27. The van der Waals surface area contributed by atoms with Gasteiger partial charge in [-0.3, -0.25) is 14.6 Å². The Labute approximate surface area is 105 Å². The van der Waals surface area contributed by atoms with E-state index in [1.54, 1.807) is 17.3 Å². The second-order valence-corrected chi connectivity index (χ2v) is 4.63. The Bertz CT molecular complexity index is 433. The van der Waals surface area contributed by atoms with Gasteiger partial charge in [-0.15, -0.1) is 0 Å². The lowest BCUT2D eigenvalue weighted by molar-refractivity contribution is -0.140. The van der Waals surface area contributed by atoms with Crippen LogP contribution in [0, 0.1) is 5.92 Å². The summed E-state index contributed by atoms with van der Waals surface area (Å²) in [6.07, 6.45) is 4.64. The number of amides is 1. The van der Waals surface area contributed by atoms with Crippen molar-refractivity contribution in [1.82, 2.24) is 9.88 Å². The zero-order chi connectivity index (χ0) is 13.0. The first-order valence-electron chi connectivity index (χ1n) is 6.03. The smallest absolute Gasteiger partial charge is 0.303 e. The van der Waals surface area contributed by atoms with Crippen LogP contribution in [-0.4, -0.2) is 33.4 Å². The maximum absolute atomic E-state index is 11.9. The summed E-state index contributed by atoms with van der Waals surface area (Å²) in [7, 11) is 0. The number of piperidine rings is 1. The lowest BCUT2D eigenvalue weighted by atomic mass is 9.93. The van der Waals surface area contributed by atoms with Gasteiger partial charge in [0.15, 0.2) is 0 Å². The van der Waals surface area contributed by atoms with Gasteiger partial charge in [0.1, 0.15) is 0 Å². The molecule has 1 aromatic rings. The summed E-state index contributed by atoms with van der Waals surface area (Å²) in [6.45, 7) is 1.19. The van der Waals surface area contributed by atoms with Crippen LogP contribution in [-0.2, 0) is 16.1 Å². The number of rotatable bonds is 4. The molecule has 0 spiro atoms. The molecule has 1 aliphatic rings. The van der Waals surface area contributed by atoms with E-state index in [0.29, 0.717) is 19.5 Å². The summed E-state index contributed by atoms with van der Waals surface area (Å²) < 4.78 is 0. The van der Waals surface area contributed by atoms with Crippen molar-refractivity contribution in [2.24, 2.45) is 5.92 Å². The van der Waals surface area contributed by atoms with Gasteiger partial charge in [0.05, 0.1) is 0 Å². The number of pyridine rings is 1. The van der Waals surface area contributed by atoms with Gasteiger partial charge in [0.2, 0.25) is 5.91 Å². The number of hydrogen-bond donors (Lipinski definition) is 1. The van der Waals surface area contributed by atoms with Crippen LogP contribution >= 0.6 is 0 Å². The molecule has 1 saturated heterocycles. The zero-order valence-corrected chi connectivity index (χ0v) is 10.1. The Kier molecular flexibility index (Phi) is 3.92. The third kappa shape index (κ3) is 3.29. The molecule has 1 aromatic heterocycles. The molecule has 18 heavy (non-hydrogen) atoms. The number of carboxylic acid groups (broad SMARTS) is 1. The second kappa shape index (κ2) is 5.62. The molecule has 5 nitrogen and oxygen atoms in total. The molecule has 2 rings (SSSR count). The van der Waals surface area contributed by atoms with Gasteiger partial charge in [-0.25, -0.2) is 0 Å². The highest BCUT2D eigenvalue weighted by molar-refractivity contribution is 5.78. The van der Waals surface area contributed by atoms with Crippen LogP contribution in [0.5, 0.6) is 0 Å². The molecule has 5 heteroatoms. The van der Waals surface area contributed by atoms with E-state index in [1.165, 1.54) is 0 Å². The van der Waals surface area contributed by atoms with E-state index < -0.39 is 5.97 Å². The average Bonchev–Trinajstić information content (AvgIpc) is 2.33. The predicted molar refractivity (Wildman–Crippen MR) is 64.6 cm³/mol. The van der Waals surface area contributed by atoms with Crippen LogP contribution in [0.3, 0.4) is 0 Å². The topological polar surface area (TPSA) is 70.5 Å². The summed E-state index contributed by atoms with van der Waals surface area (Å²) in [5, 5.41) is 8.72. The maximum atomic E-state index is 11.9. The Morgan fingerprint density at radius 2 is 2.39 bits per heavy atom. The van der Waals surface area contributed by atoms with Crippen molar-refractivity contribution in [3.8, 4) is 0 Å². The van der Waals surface area contributed by atoms with Gasteiger partial charge in [0.25, 0.3) is 0 Å². The van der Waals surface area contributed by atoms with Gasteiger partial charge in [-0.1, -0.05) is 6.07 Å². The van der Waals surface area contributed by atoms with Gasteiger partial charge in [-0.05, 0) is 24.0 Å². The van der Waals surface area contributed by atoms with Gasteiger partial charge in [0, 0.05) is 38.3 Å². The maximum Gasteiger partial charge on any atom is 0.303 e. The highest BCUT2D eigenvalue weighted by atomic mass is 16.4. The summed E-state index contributed by atoms with van der Waals surface area (Å²) in [4.78, 5) is 28.3. The minimum atomic E-state index is -0.825. The molecule has 0 saturated carbocycles. The first-order valence-corrected chi connectivity index (χ1v) is 6.03. The summed E-state index contributed by atoms with van der Waals surface area (Å²) in [5.74, 6) is -0.801. The first kappa shape index (κ1) is 12.5. The SMILES string of the molecule is O=C(O)CC1CCN(Cc2cccnc2)C(=O)C1. The van der Waals surface area contributed by atoms with E-state index in [9.17, 15) is 9.59 Å². The largest absolute Gasteiger partial charge is 0.481 e. The normalized spacial score (nSPS) is 19.9. The number of likely N-dealkylation sites (tertiary alicyclic amines) is 1. The molecule has 1 unspecified atom stereocenters. The van der Waals surface area contributed by atoms with Crippen LogP contribution in [0.1, 0.15) is 24.8 Å². The molecule has 96 valence electrons. The summed E-state index contributed by atoms with van der Waals surface area (Å²) >= 11 is 0. The Hall–Kier alpha value is -1.91. The van der Waals surface area contributed by atoms with Crippen LogP contribution < -0.4 is 0 Å². The van der Waals surface area contributed by atoms with E-state index in [0.717, 1.165) is 12.0 Å². The number of carbonyl (C=O) groups is 2. The van der Waals surface area contributed by atoms with Gasteiger partial charge in [-0.2, -0.15) is 0 Å². The highest BCUT2D eigenvalue weighted by Crippen LogP contribution is 2.22. The molecule has 1 N–H and O–H groups in total. The number of carboxylic acids is 1. The molecule has 2 heterocycles. The third-order valence-electron chi connectivity index (χ3n) is 3.18. The molecule has 1 aliphatic heterocycles. The number of aromatic nitrogens is 1. The van der Waals surface area contributed by atoms with Crippen LogP contribution in [0.15, 0.2) is 24.5 Å². The molecular formula is C13H16N2O3. The Balaban J connectivity index is 1.90. The van der Waals surface area contributed by atoms with E-state index in [1.807, 2.05) is 12.1 Å². The van der Waals surface area contributed by atoms with E-state index >= 15 is 0 Å². The van der Waals surface area contributed by atoms with Crippen molar-refractivity contribution in [2.75, 3.05) is 6.54 Å². The van der Waals surface area contributed by atoms with Gasteiger partial charge < -0.3 is 10.0 Å². The fourth-order valence-corrected chi connectivity index (χ4v) is 2.24. The summed E-state index contributed by atoms with van der Waals surface area (Å²) in [5.41, 5.74) is 1.00. The van der Waals surface area contributed by atoms with E-state index in [2.05, 4.69) is 4.98 Å². The average molecular weight is 248 g/mol. The second-order valence-electron chi connectivity index (χ2n) is 4.63. The Morgan fingerprint density at radius 3 is 3.00 bits per heavy atom. The quantitative estimate of drug-likeness (QED) is 0.871. The molecule has 1 fully saturated rings. The molecule has 1 amide bonds. The Morgan fingerprint density at radius 1 is 1.56 bits per heavy atom. The fourth-order valence-electron chi connectivity index (χ4n) is 2.24. The minimum Gasteiger partial charge on any atom is -0.481 e. The molecule has 0 bridgehead atoms. The van der Waals surface area contributed by atoms with E-state index in [-0.39, 0.29) is 18.2 Å². The van der Waals surface area contributed by atoms with Crippen LogP contribution in [0.2, 0.25) is 0 Å². The monoisotopic (exact) mass is 248 g/mol. The standard InChI is InChI=1S/C13H16N2O3/c16-12-6-10(7-13(17)18)3-5-15(12)9-11-2-1-4-14-8-11/h1-2,4,8,10H,3,5-7,9H2,(H,17,18). The lowest BCUT2D eigenvalue weighted by Gasteiger charge is -2.31. The molecule has 0 aliphatic carbocycles. The minimum absolute atomic E-state index is 0.0138. The van der Waals surface area contributed by atoms with Crippen molar-refractivity contribution in [2.45, 2.75) is 25.8 Å². The van der Waals surface area contributed by atoms with Crippen LogP contribution in [0.4, 0.5) is 0 Å². The number of carbonyl (C=O) groups excluding carboxylic acids is 1. The molecular weight excluding hydrogens is 232 g/mol. The molecule has 0 radical (unpaired) electrons. The number of aliphatic carboxylic acids is 1. The summed E-state index contributed by atoms with van der Waals surface area (Å²) in [6, 6.07) is 3.78. The van der Waals surface area contributed by atoms with Crippen molar-refractivity contribution in [1.29, 1.82) is 0 Å². The van der Waals surface area contributed by atoms with Crippen molar-refractivity contribution >= 4 is 11.9 Å². The van der Waals surface area contributed by atoms with Crippen LogP contribution in [0.25, 0.3) is 0 Å². The predicted octanol–water partition coefficient (Wildman–Crippen LogP) is 1.29. The number of hydrogen-bond acceptors (Lipinski definition) is 3. The first-order chi connectivity index (χ1) is 8.65. The van der Waals surface area contributed by atoms with E-state index in [4.69, 9.17) is 5.11 Å². The fraction of sp³-hybridized carbons (Fsp3) is 0.462. The molecule has 0 aromatic carbocycles. The number of nitrogens with zero attached hydrogens (tertiary/aromatic N) is 2. The lowest BCUT2D eigenvalue weighted by Crippen LogP contribution is -2.38. The molecule has 1 atom stereocenters. The third-order valence-corrected chi connectivity index (χ3v) is 3.18. The van der Waals surface area contributed by atoms with Gasteiger partial charge >= 0.3 is 5.97 Å². The van der Waals surface area contributed by atoms with Crippen molar-refractivity contribution in [3.05, 3.63) is 30.1 Å².